The molecule has 0 bridgehead atoms. The van der Waals surface area contributed by atoms with E-state index in [1.165, 1.54) is 37.7 Å². The number of nitrogen functional groups attached to an aromatic ring is 2. The Morgan fingerprint density at radius 2 is 1.81 bits per heavy atom. The van der Waals surface area contributed by atoms with E-state index in [2.05, 4.69) is 21.3 Å². The second-order valence-electron chi connectivity index (χ2n) is 7.37. The Morgan fingerprint density at radius 1 is 1.04 bits per heavy atom. The molecule has 6 nitrogen and oxygen atoms in total. The first-order valence-corrected chi connectivity index (χ1v) is 9.70. The fourth-order valence-electron chi connectivity index (χ4n) is 4.25. The largest absolute Gasteiger partial charge is 0.398 e. The summed E-state index contributed by atoms with van der Waals surface area (Å²) in [5, 5.41) is 3.39. The summed E-state index contributed by atoms with van der Waals surface area (Å²) < 4.78 is 0. The van der Waals surface area contributed by atoms with Crippen LogP contribution in [0.4, 0.5) is 17.3 Å². The van der Waals surface area contributed by atoms with E-state index in [-0.39, 0.29) is 0 Å². The van der Waals surface area contributed by atoms with Crippen molar-refractivity contribution in [2.24, 2.45) is 0 Å². The zero-order valence-corrected chi connectivity index (χ0v) is 15.2. The van der Waals surface area contributed by atoms with Crippen LogP contribution in [0.1, 0.15) is 43.6 Å². The topological polar surface area (TPSA) is 93.1 Å². The lowest BCUT2D eigenvalue weighted by Gasteiger charge is -2.31. The Labute approximate surface area is 155 Å². The summed E-state index contributed by atoms with van der Waals surface area (Å²) in [5.41, 5.74) is 16.6. The number of hydrogen-bond donors (Lipinski definition) is 3. The van der Waals surface area contributed by atoms with Gasteiger partial charge in [-0.2, -0.15) is 0 Å². The van der Waals surface area contributed by atoms with E-state index in [4.69, 9.17) is 16.5 Å². The van der Waals surface area contributed by atoms with Crippen LogP contribution in [0.15, 0.2) is 24.4 Å². The van der Waals surface area contributed by atoms with Crippen molar-refractivity contribution < 1.29 is 0 Å². The average molecular weight is 352 g/mol. The van der Waals surface area contributed by atoms with E-state index in [1.54, 1.807) is 6.20 Å². The molecule has 2 aliphatic rings. The lowest BCUT2D eigenvalue weighted by molar-refractivity contribution is 0.444. The molecule has 1 saturated carbocycles. The lowest BCUT2D eigenvalue weighted by atomic mass is 9.81. The first-order chi connectivity index (χ1) is 12.7. The molecule has 5 N–H and O–H groups in total. The molecular weight excluding hydrogens is 324 g/mol. The molecule has 6 heteroatoms. The van der Waals surface area contributed by atoms with Gasteiger partial charge in [-0.15, -0.1) is 0 Å². The zero-order valence-electron chi connectivity index (χ0n) is 15.2. The molecule has 0 spiro atoms. The van der Waals surface area contributed by atoms with Crippen molar-refractivity contribution in [1.82, 2.24) is 15.3 Å². The SMILES string of the molecule is Nc1cc(-c2nc(N3CCNCC3)cc(N)c2C2CCCCC2)ccn1. The Morgan fingerprint density at radius 3 is 2.54 bits per heavy atom. The van der Waals surface area contributed by atoms with Crippen LogP contribution in [-0.2, 0) is 0 Å². The number of rotatable bonds is 3. The van der Waals surface area contributed by atoms with Crippen molar-refractivity contribution in [1.29, 1.82) is 0 Å². The molecule has 2 aromatic heterocycles. The van der Waals surface area contributed by atoms with Gasteiger partial charge in [0.25, 0.3) is 0 Å². The van der Waals surface area contributed by atoms with E-state index in [1.807, 2.05) is 12.1 Å². The minimum Gasteiger partial charge on any atom is -0.398 e. The number of nitrogens with one attached hydrogen (secondary N) is 1. The number of nitrogens with zero attached hydrogens (tertiary/aromatic N) is 3. The molecule has 0 amide bonds. The van der Waals surface area contributed by atoms with Crippen LogP contribution in [0.5, 0.6) is 0 Å². The Kier molecular flexibility index (Phi) is 4.93. The third-order valence-electron chi connectivity index (χ3n) is 5.59. The number of piperazine rings is 1. The highest BCUT2D eigenvalue weighted by atomic mass is 15.2. The quantitative estimate of drug-likeness (QED) is 0.786. The minimum absolute atomic E-state index is 0.484. The third-order valence-corrected chi connectivity index (χ3v) is 5.59. The summed E-state index contributed by atoms with van der Waals surface area (Å²) in [4.78, 5) is 11.5. The van der Waals surface area contributed by atoms with Crippen molar-refractivity contribution in [3.8, 4) is 11.3 Å². The van der Waals surface area contributed by atoms with Crippen LogP contribution in [0, 0.1) is 0 Å². The normalized spacial score (nSPS) is 18.8. The lowest BCUT2D eigenvalue weighted by Crippen LogP contribution is -2.44. The van der Waals surface area contributed by atoms with Crippen molar-refractivity contribution in [2.75, 3.05) is 42.5 Å². The fourth-order valence-corrected chi connectivity index (χ4v) is 4.25. The van der Waals surface area contributed by atoms with Gasteiger partial charge in [0.15, 0.2) is 0 Å². The van der Waals surface area contributed by atoms with Gasteiger partial charge < -0.3 is 21.7 Å². The monoisotopic (exact) mass is 352 g/mol. The van der Waals surface area contributed by atoms with E-state index < -0.39 is 0 Å². The molecule has 1 saturated heterocycles. The molecule has 3 heterocycles. The maximum Gasteiger partial charge on any atom is 0.131 e. The van der Waals surface area contributed by atoms with Crippen LogP contribution < -0.4 is 21.7 Å². The Balaban J connectivity index is 1.81. The predicted octanol–water partition coefficient (Wildman–Crippen LogP) is 2.77. The molecular formula is C20H28N6. The van der Waals surface area contributed by atoms with E-state index in [9.17, 15) is 0 Å². The molecule has 1 aliphatic carbocycles. The minimum atomic E-state index is 0.484. The number of pyridine rings is 2. The molecule has 2 aromatic rings. The van der Waals surface area contributed by atoms with Crippen molar-refractivity contribution in [3.05, 3.63) is 30.0 Å². The summed E-state index contributed by atoms with van der Waals surface area (Å²) in [7, 11) is 0. The molecule has 2 fully saturated rings. The first-order valence-electron chi connectivity index (χ1n) is 9.70. The van der Waals surface area contributed by atoms with Crippen LogP contribution in [0.25, 0.3) is 11.3 Å². The maximum absolute atomic E-state index is 6.61. The van der Waals surface area contributed by atoms with Gasteiger partial charge in [0.1, 0.15) is 11.6 Å². The van der Waals surface area contributed by atoms with E-state index >= 15 is 0 Å². The molecule has 1 aliphatic heterocycles. The number of hydrogen-bond acceptors (Lipinski definition) is 6. The van der Waals surface area contributed by atoms with Gasteiger partial charge in [0, 0.05) is 55.3 Å². The summed E-state index contributed by atoms with van der Waals surface area (Å²) in [5.74, 6) is 1.97. The number of anilines is 3. The van der Waals surface area contributed by atoms with Crippen molar-refractivity contribution in [3.63, 3.8) is 0 Å². The number of nitrogens with two attached hydrogens (primary N) is 2. The van der Waals surface area contributed by atoms with Gasteiger partial charge in [-0.25, -0.2) is 9.97 Å². The average Bonchev–Trinajstić information content (AvgIpc) is 2.69. The van der Waals surface area contributed by atoms with Crippen molar-refractivity contribution >= 4 is 17.3 Å². The van der Waals surface area contributed by atoms with Gasteiger partial charge in [-0.1, -0.05) is 19.3 Å². The van der Waals surface area contributed by atoms with Gasteiger partial charge in [-0.3, -0.25) is 0 Å². The molecule has 26 heavy (non-hydrogen) atoms. The Hall–Kier alpha value is -2.34. The van der Waals surface area contributed by atoms with E-state index in [0.29, 0.717) is 11.7 Å². The summed E-state index contributed by atoms with van der Waals surface area (Å²) >= 11 is 0. The molecule has 0 aromatic carbocycles. The molecule has 0 atom stereocenters. The van der Waals surface area contributed by atoms with Gasteiger partial charge in [0.2, 0.25) is 0 Å². The predicted molar refractivity (Wildman–Crippen MR) is 107 cm³/mol. The maximum atomic E-state index is 6.61. The highest BCUT2D eigenvalue weighted by Crippen LogP contribution is 2.41. The standard InChI is InChI=1S/C20H28N6/c21-16-13-18(26-10-8-23-9-11-26)25-20(15-6-7-24-17(22)12-15)19(16)14-4-2-1-3-5-14/h6-7,12-14,23H,1-5,8-11H2,(H2,21,25)(H2,22,24). The Bertz CT molecular complexity index is 763. The summed E-state index contributed by atoms with van der Waals surface area (Å²) in [6.07, 6.45) is 7.98. The van der Waals surface area contributed by atoms with Crippen LogP contribution in [0.2, 0.25) is 0 Å². The molecule has 0 radical (unpaired) electrons. The summed E-state index contributed by atoms with van der Waals surface area (Å²) in [6.45, 7) is 3.85. The number of aromatic nitrogens is 2. The van der Waals surface area contributed by atoms with Gasteiger partial charge in [-0.05, 0) is 30.9 Å². The van der Waals surface area contributed by atoms with Gasteiger partial charge >= 0.3 is 0 Å². The second kappa shape index (κ2) is 7.50. The van der Waals surface area contributed by atoms with Crippen LogP contribution in [-0.4, -0.2) is 36.1 Å². The first kappa shape index (κ1) is 17.1. The van der Waals surface area contributed by atoms with E-state index in [0.717, 1.165) is 48.9 Å². The zero-order chi connectivity index (χ0) is 17.9. The molecule has 4 rings (SSSR count). The highest BCUT2D eigenvalue weighted by Gasteiger charge is 2.25. The van der Waals surface area contributed by atoms with Gasteiger partial charge in [0.05, 0.1) is 5.69 Å². The highest BCUT2D eigenvalue weighted by molar-refractivity contribution is 5.75. The second-order valence-corrected chi connectivity index (χ2v) is 7.37. The van der Waals surface area contributed by atoms with Crippen LogP contribution in [0.3, 0.4) is 0 Å². The molecule has 138 valence electrons. The fraction of sp³-hybridized carbons (Fsp3) is 0.500. The smallest absolute Gasteiger partial charge is 0.131 e. The van der Waals surface area contributed by atoms with Crippen LogP contribution >= 0.6 is 0 Å². The third kappa shape index (κ3) is 3.46. The van der Waals surface area contributed by atoms with Crippen molar-refractivity contribution in [2.45, 2.75) is 38.0 Å². The summed E-state index contributed by atoms with van der Waals surface area (Å²) in [6, 6.07) is 5.98. The molecule has 0 unspecified atom stereocenters.